The number of hydrogen-bond donors (Lipinski definition) is 1. The number of nitrogens with zero attached hydrogens (tertiary/aromatic N) is 3. The largest absolute Gasteiger partial charge is 0.380 e. The first-order valence-corrected chi connectivity index (χ1v) is 4.98. The molecule has 0 saturated heterocycles. The van der Waals surface area contributed by atoms with E-state index >= 15 is 0 Å². The van der Waals surface area contributed by atoms with Gasteiger partial charge in [0, 0.05) is 20.0 Å². The van der Waals surface area contributed by atoms with Crippen molar-refractivity contribution in [3.05, 3.63) is 17.7 Å². The molecule has 1 aliphatic heterocycles. The summed E-state index contributed by atoms with van der Waals surface area (Å²) in [6, 6.07) is 0. The van der Waals surface area contributed by atoms with Gasteiger partial charge in [-0.1, -0.05) is 0 Å². The van der Waals surface area contributed by atoms with Crippen LogP contribution >= 0.6 is 0 Å². The minimum absolute atomic E-state index is 0.0842. The number of aryl methyl sites for hydroxylation is 1. The van der Waals surface area contributed by atoms with Crippen molar-refractivity contribution in [2.45, 2.75) is 20.4 Å². The Morgan fingerprint density at radius 1 is 1.60 bits per heavy atom. The Bertz CT molecular complexity index is 391. The second-order valence-electron chi connectivity index (χ2n) is 3.64. The van der Waals surface area contributed by atoms with Gasteiger partial charge in [0.05, 0.1) is 24.1 Å². The van der Waals surface area contributed by atoms with Gasteiger partial charge in [-0.05, 0) is 6.92 Å². The average molecular weight is 206 g/mol. The summed E-state index contributed by atoms with van der Waals surface area (Å²) < 4.78 is 0. The van der Waals surface area contributed by atoms with Crippen molar-refractivity contribution < 1.29 is 4.79 Å². The van der Waals surface area contributed by atoms with Crippen molar-refractivity contribution in [1.82, 2.24) is 14.9 Å². The highest BCUT2D eigenvalue weighted by Crippen LogP contribution is 2.17. The third-order valence-electron chi connectivity index (χ3n) is 2.47. The summed E-state index contributed by atoms with van der Waals surface area (Å²) >= 11 is 0. The monoisotopic (exact) mass is 206 g/mol. The molecule has 1 aliphatic rings. The predicted molar refractivity (Wildman–Crippen MR) is 56.3 cm³/mol. The molecule has 0 spiro atoms. The van der Waals surface area contributed by atoms with Crippen LogP contribution in [0.2, 0.25) is 0 Å². The van der Waals surface area contributed by atoms with Crippen LogP contribution in [0.15, 0.2) is 6.20 Å². The number of rotatable bonds is 0. The number of carbonyl (C=O) groups is 1. The van der Waals surface area contributed by atoms with E-state index in [2.05, 4.69) is 15.3 Å². The zero-order valence-corrected chi connectivity index (χ0v) is 8.95. The molecular formula is C10H14N4O. The fourth-order valence-corrected chi connectivity index (χ4v) is 1.64. The minimum Gasteiger partial charge on any atom is -0.380 e. The first-order chi connectivity index (χ1) is 7.16. The highest BCUT2D eigenvalue weighted by Gasteiger charge is 2.17. The molecule has 5 nitrogen and oxygen atoms in total. The lowest BCUT2D eigenvalue weighted by Gasteiger charge is -2.17. The van der Waals surface area contributed by atoms with E-state index in [0.29, 0.717) is 13.1 Å². The number of nitrogens with one attached hydrogen (secondary N) is 1. The van der Waals surface area contributed by atoms with Crippen LogP contribution < -0.4 is 5.32 Å². The summed E-state index contributed by atoms with van der Waals surface area (Å²) in [5.74, 6) is 0.821. The highest BCUT2D eigenvalue weighted by atomic mass is 16.2. The number of hydrogen-bond acceptors (Lipinski definition) is 4. The van der Waals surface area contributed by atoms with Crippen LogP contribution in [0.3, 0.4) is 0 Å². The Labute approximate surface area is 88.5 Å². The molecule has 5 heteroatoms. The van der Waals surface area contributed by atoms with E-state index in [0.717, 1.165) is 23.8 Å². The molecule has 0 aliphatic carbocycles. The second kappa shape index (κ2) is 3.84. The van der Waals surface area contributed by atoms with Crippen molar-refractivity contribution in [2.24, 2.45) is 0 Å². The average Bonchev–Trinajstić information content (AvgIpc) is 2.39. The predicted octanol–water partition coefficient (Wildman–Crippen LogP) is 0.559. The van der Waals surface area contributed by atoms with Gasteiger partial charge >= 0.3 is 0 Å². The molecular weight excluding hydrogens is 192 g/mol. The topological polar surface area (TPSA) is 58.1 Å². The molecule has 2 heterocycles. The molecule has 0 radical (unpaired) electrons. The van der Waals surface area contributed by atoms with Crippen molar-refractivity contribution in [3.8, 4) is 0 Å². The first kappa shape index (κ1) is 9.89. The van der Waals surface area contributed by atoms with Gasteiger partial charge in [-0.3, -0.25) is 4.79 Å². The fourth-order valence-electron chi connectivity index (χ4n) is 1.64. The number of carbonyl (C=O) groups excluding carboxylic acids is 1. The van der Waals surface area contributed by atoms with E-state index in [-0.39, 0.29) is 5.91 Å². The maximum Gasteiger partial charge on any atom is 0.219 e. The molecule has 2 rings (SSSR count). The van der Waals surface area contributed by atoms with Crippen LogP contribution in [0.5, 0.6) is 0 Å². The third kappa shape index (κ3) is 2.06. The van der Waals surface area contributed by atoms with Crippen molar-refractivity contribution in [2.75, 3.05) is 18.4 Å². The van der Waals surface area contributed by atoms with Crippen LogP contribution in [0.1, 0.15) is 18.4 Å². The van der Waals surface area contributed by atoms with Crippen LogP contribution in [0.4, 0.5) is 5.69 Å². The van der Waals surface area contributed by atoms with E-state index in [4.69, 9.17) is 0 Å². The quantitative estimate of drug-likeness (QED) is 0.673. The summed E-state index contributed by atoms with van der Waals surface area (Å²) in [7, 11) is 0. The maximum atomic E-state index is 11.3. The van der Waals surface area contributed by atoms with Crippen LogP contribution in [-0.4, -0.2) is 33.9 Å². The van der Waals surface area contributed by atoms with Crippen LogP contribution in [0.25, 0.3) is 0 Å². The van der Waals surface area contributed by atoms with Crippen LogP contribution in [0, 0.1) is 6.92 Å². The van der Waals surface area contributed by atoms with Gasteiger partial charge in [0.25, 0.3) is 0 Å². The molecule has 15 heavy (non-hydrogen) atoms. The van der Waals surface area contributed by atoms with Gasteiger partial charge < -0.3 is 10.2 Å². The Balaban J connectivity index is 2.31. The summed E-state index contributed by atoms with van der Waals surface area (Å²) in [4.78, 5) is 21.5. The van der Waals surface area contributed by atoms with E-state index in [1.807, 2.05) is 6.92 Å². The highest BCUT2D eigenvalue weighted by molar-refractivity contribution is 5.73. The molecule has 1 N–H and O–H groups in total. The Morgan fingerprint density at radius 3 is 3.13 bits per heavy atom. The number of anilines is 1. The van der Waals surface area contributed by atoms with E-state index < -0.39 is 0 Å². The number of aromatic nitrogens is 2. The zero-order valence-electron chi connectivity index (χ0n) is 8.95. The van der Waals surface area contributed by atoms with Gasteiger partial charge in [-0.15, -0.1) is 0 Å². The van der Waals surface area contributed by atoms with Gasteiger partial charge in [-0.2, -0.15) is 0 Å². The second-order valence-corrected chi connectivity index (χ2v) is 3.64. The molecule has 1 aromatic heterocycles. The summed E-state index contributed by atoms with van der Waals surface area (Å²) in [6.07, 6.45) is 1.78. The minimum atomic E-state index is 0.0842. The lowest BCUT2D eigenvalue weighted by atomic mass is 10.3. The summed E-state index contributed by atoms with van der Waals surface area (Å²) in [5.41, 5.74) is 1.83. The van der Waals surface area contributed by atoms with Crippen molar-refractivity contribution >= 4 is 11.6 Å². The van der Waals surface area contributed by atoms with E-state index in [1.54, 1.807) is 18.0 Å². The Kier molecular flexibility index (Phi) is 2.53. The molecule has 80 valence electrons. The van der Waals surface area contributed by atoms with Gasteiger partial charge in [0.15, 0.2) is 0 Å². The lowest BCUT2D eigenvalue weighted by molar-refractivity contribution is -0.129. The van der Waals surface area contributed by atoms with Crippen molar-refractivity contribution in [3.63, 3.8) is 0 Å². The SMILES string of the molecule is CC(=O)N1CCNc2cnc(C)nc2C1. The first-order valence-electron chi connectivity index (χ1n) is 4.98. The molecule has 0 saturated carbocycles. The summed E-state index contributed by atoms with van der Waals surface area (Å²) in [6.45, 7) is 5.47. The molecule has 0 unspecified atom stereocenters. The number of amides is 1. The molecule has 0 atom stereocenters. The smallest absolute Gasteiger partial charge is 0.219 e. The standard InChI is InChI=1S/C10H14N4O/c1-7-12-5-9-10(13-7)6-14(8(2)15)4-3-11-9/h5,11H,3-4,6H2,1-2H3. The van der Waals surface area contributed by atoms with E-state index in [1.165, 1.54) is 0 Å². The normalized spacial score (nSPS) is 15.2. The van der Waals surface area contributed by atoms with Gasteiger partial charge in [0.2, 0.25) is 5.91 Å². The molecule has 0 bridgehead atoms. The third-order valence-corrected chi connectivity index (χ3v) is 2.47. The number of fused-ring (bicyclic) bond motifs is 1. The lowest BCUT2D eigenvalue weighted by Crippen LogP contribution is -2.30. The maximum absolute atomic E-state index is 11.3. The van der Waals surface area contributed by atoms with Crippen molar-refractivity contribution in [1.29, 1.82) is 0 Å². The molecule has 1 aromatic rings. The Morgan fingerprint density at radius 2 is 2.40 bits per heavy atom. The molecule has 1 amide bonds. The fraction of sp³-hybridized carbons (Fsp3) is 0.500. The zero-order chi connectivity index (χ0) is 10.8. The molecule has 0 aromatic carbocycles. The van der Waals surface area contributed by atoms with E-state index in [9.17, 15) is 4.79 Å². The van der Waals surface area contributed by atoms with Crippen LogP contribution in [-0.2, 0) is 11.3 Å². The summed E-state index contributed by atoms with van der Waals surface area (Å²) in [5, 5.41) is 3.22. The van der Waals surface area contributed by atoms with Gasteiger partial charge in [0.1, 0.15) is 5.82 Å². The molecule has 0 fully saturated rings. The Hall–Kier alpha value is -1.65. The van der Waals surface area contributed by atoms with Gasteiger partial charge in [-0.25, -0.2) is 9.97 Å².